The van der Waals surface area contributed by atoms with Crippen LogP contribution in [0.25, 0.3) is 0 Å². The molecule has 1 aliphatic heterocycles. The monoisotopic (exact) mass is 289 g/mol. The van der Waals surface area contributed by atoms with Crippen LogP contribution in [0.3, 0.4) is 0 Å². The first-order valence-electron chi connectivity index (χ1n) is 4.95. The smallest absolute Gasteiger partial charge is 0.128 e. The first kappa shape index (κ1) is 11.4. The summed E-state index contributed by atoms with van der Waals surface area (Å²) in [5.74, 6) is 1.78. The second-order valence-corrected chi connectivity index (χ2v) is 5.66. The zero-order valence-electron chi connectivity index (χ0n) is 8.52. The molecule has 0 saturated carbocycles. The molecule has 0 aromatic heterocycles. The highest BCUT2D eigenvalue weighted by Gasteiger charge is 2.20. The lowest BCUT2D eigenvalue weighted by Crippen LogP contribution is -2.17. The van der Waals surface area contributed by atoms with Gasteiger partial charge in [-0.25, -0.2) is 4.39 Å². The number of hydrogen-bond acceptors (Lipinski definition) is 2. The summed E-state index contributed by atoms with van der Waals surface area (Å²) in [5.41, 5.74) is 1.97. The molecule has 1 aromatic rings. The van der Waals surface area contributed by atoms with Crippen molar-refractivity contribution in [1.29, 1.82) is 0 Å². The molecule has 0 fully saturated rings. The molecule has 0 saturated heterocycles. The molecular weight excluding hydrogens is 277 g/mol. The SMILES string of the molecule is CNC1CCSCc2c(F)cc(Br)cc21. The topological polar surface area (TPSA) is 12.0 Å². The van der Waals surface area contributed by atoms with Crippen LogP contribution < -0.4 is 5.32 Å². The van der Waals surface area contributed by atoms with Crippen molar-refractivity contribution in [3.8, 4) is 0 Å². The van der Waals surface area contributed by atoms with E-state index in [0.29, 0.717) is 0 Å². The van der Waals surface area contributed by atoms with Crippen LogP contribution in [0.15, 0.2) is 16.6 Å². The molecule has 4 heteroatoms. The number of rotatable bonds is 1. The zero-order chi connectivity index (χ0) is 10.8. The predicted octanol–water partition coefficient (Wildman–Crippen LogP) is 3.49. The van der Waals surface area contributed by atoms with E-state index < -0.39 is 0 Å². The average Bonchev–Trinajstić information content (AvgIpc) is 2.39. The third kappa shape index (κ3) is 2.37. The Morgan fingerprint density at radius 2 is 2.33 bits per heavy atom. The molecule has 1 atom stereocenters. The van der Waals surface area contributed by atoms with Gasteiger partial charge in [0.2, 0.25) is 0 Å². The van der Waals surface area contributed by atoms with E-state index in [2.05, 4.69) is 21.2 Å². The van der Waals surface area contributed by atoms with E-state index in [1.165, 1.54) is 0 Å². The van der Waals surface area contributed by atoms with Crippen molar-refractivity contribution in [3.05, 3.63) is 33.5 Å². The summed E-state index contributed by atoms with van der Waals surface area (Å²) >= 11 is 5.15. The van der Waals surface area contributed by atoms with Gasteiger partial charge in [0.1, 0.15) is 5.82 Å². The second-order valence-electron chi connectivity index (χ2n) is 3.64. The fourth-order valence-corrected chi connectivity index (χ4v) is 3.42. The minimum atomic E-state index is -0.0889. The highest BCUT2D eigenvalue weighted by molar-refractivity contribution is 9.10. The number of benzene rings is 1. The van der Waals surface area contributed by atoms with Crippen molar-refractivity contribution in [3.63, 3.8) is 0 Å². The van der Waals surface area contributed by atoms with Crippen molar-refractivity contribution >= 4 is 27.7 Å². The highest BCUT2D eigenvalue weighted by atomic mass is 79.9. The molecule has 0 radical (unpaired) electrons. The molecule has 1 heterocycles. The minimum absolute atomic E-state index is 0.0889. The maximum atomic E-state index is 13.8. The number of nitrogens with one attached hydrogen (secondary N) is 1. The van der Waals surface area contributed by atoms with Gasteiger partial charge in [0.25, 0.3) is 0 Å². The summed E-state index contributed by atoms with van der Waals surface area (Å²) in [6.07, 6.45) is 1.06. The first-order chi connectivity index (χ1) is 7.22. The van der Waals surface area contributed by atoms with Crippen LogP contribution in [-0.2, 0) is 5.75 Å². The Balaban J connectivity index is 2.50. The molecule has 15 heavy (non-hydrogen) atoms. The third-order valence-electron chi connectivity index (χ3n) is 2.72. The van der Waals surface area contributed by atoms with Gasteiger partial charge in [0.15, 0.2) is 0 Å². The van der Waals surface area contributed by atoms with E-state index in [1.807, 2.05) is 13.1 Å². The Morgan fingerprint density at radius 1 is 1.53 bits per heavy atom. The van der Waals surface area contributed by atoms with Crippen LogP contribution in [-0.4, -0.2) is 12.8 Å². The fraction of sp³-hybridized carbons (Fsp3) is 0.455. The van der Waals surface area contributed by atoms with Crippen LogP contribution in [0.4, 0.5) is 4.39 Å². The Kier molecular flexibility index (Phi) is 3.69. The summed E-state index contributed by atoms with van der Waals surface area (Å²) in [4.78, 5) is 0. The lowest BCUT2D eigenvalue weighted by atomic mass is 9.99. The second kappa shape index (κ2) is 4.85. The van der Waals surface area contributed by atoms with E-state index >= 15 is 0 Å². The highest BCUT2D eigenvalue weighted by Crippen LogP contribution is 2.33. The predicted molar refractivity (Wildman–Crippen MR) is 66.7 cm³/mol. The lowest BCUT2D eigenvalue weighted by molar-refractivity contribution is 0.564. The van der Waals surface area contributed by atoms with Gasteiger partial charge in [0, 0.05) is 21.8 Å². The van der Waals surface area contributed by atoms with Crippen molar-refractivity contribution in [1.82, 2.24) is 5.32 Å². The molecule has 1 unspecified atom stereocenters. The maximum absolute atomic E-state index is 13.8. The van der Waals surface area contributed by atoms with E-state index in [0.717, 1.165) is 33.5 Å². The van der Waals surface area contributed by atoms with Gasteiger partial charge in [-0.1, -0.05) is 15.9 Å². The molecule has 1 aliphatic rings. The molecular formula is C11H13BrFNS. The largest absolute Gasteiger partial charge is 0.313 e. The normalized spacial score (nSPS) is 20.9. The van der Waals surface area contributed by atoms with Gasteiger partial charge in [-0.05, 0) is 36.9 Å². The Morgan fingerprint density at radius 3 is 3.07 bits per heavy atom. The van der Waals surface area contributed by atoms with Gasteiger partial charge < -0.3 is 5.32 Å². The number of hydrogen-bond donors (Lipinski definition) is 1. The van der Waals surface area contributed by atoms with Gasteiger partial charge >= 0.3 is 0 Å². The fourth-order valence-electron chi connectivity index (χ4n) is 1.92. The average molecular weight is 290 g/mol. The molecule has 82 valence electrons. The molecule has 0 spiro atoms. The molecule has 1 nitrogen and oxygen atoms in total. The van der Waals surface area contributed by atoms with Gasteiger partial charge in [-0.3, -0.25) is 0 Å². The molecule has 0 bridgehead atoms. The van der Waals surface area contributed by atoms with Crippen molar-refractivity contribution in [2.75, 3.05) is 12.8 Å². The lowest BCUT2D eigenvalue weighted by Gasteiger charge is -2.17. The van der Waals surface area contributed by atoms with E-state index in [4.69, 9.17) is 0 Å². The number of halogens is 2. The van der Waals surface area contributed by atoms with Crippen molar-refractivity contribution in [2.45, 2.75) is 18.2 Å². The zero-order valence-corrected chi connectivity index (χ0v) is 10.9. The maximum Gasteiger partial charge on any atom is 0.128 e. The van der Waals surface area contributed by atoms with Crippen LogP contribution in [0.5, 0.6) is 0 Å². The molecule has 0 amide bonds. The molecule has 1 N–H and O–H groups in total. The van der Waals surface area contributed by atoms with E-state index in [1.54, 1.807) is 17.8 Å². The van der Waals surface area contributed by atoms with Crippen molar-refractivity contribution < 1.29 is 4.39 Å². The Labute approximate surface area is 102 Å². The molecule has 2 rings (SSSR count). The van der Waals surface area contributed by atoms with Crippen LogP contribution in [0.2, 0.25) is 0 Å². The standard InChI is InChI=1S/C11H13BrFNS/c1-14-11-2-3-15-6-9-8(11)4-7(12)5-10(9)13/h4-5,11,14H,2-3,6H2,1H3. The molecule has 0 aliphatic carbocycles. The van der Waals surface area contributed by atoms with Gasteiger partial charge in [-0.2, -0.15) is 11.8 Å². The van der Waals surface area contributed by atoms with Crippen molar-refractivity contribution in [2.24, 2.45) is 0 Å². The van der Waals surface area contributed by atoms with E-state index in [9.17, 15) is 4.39 Å². The van der Waals surface area contributed by atoms with Gasteiger partial charge in [0.05, 0.1) is 0 Å². The Hall–Kier alpha value is -0.0600. The Bertz CT molecular complexity index is 370. The van der Waals surface area contributed by atoms with Crippen LogP contribution in [0, 0.1) is 5.82 Å². The molecule has 1 aromatic carbocycles. The quantitative estimate of drug-likeness (QED) is 0.849. The third-order valence-corrected chi connectivity index (χ3v) is 4.19. The summed E-state index contributed by atoms with van der Waals surface area (Å²) < 4.78 is 14.6. The van der Waals surface area contributed by atoms with E-state index in [-0.39, 0.29) is 11.9 Å². The number of thioether (sulfide) groups is 1. The summed E-state index contributed by atoms with van der Waals surface area (Å²) in [6.45, 7) is 0. The van der Waals surface area contributed by atoms with Crippen LogP contribution >= 0.6 is 27.7 Å². The van der Waals surface area contributed by atoms with Gasteiger partial charge in [-0.15, -0.1) is 0 Å². The number of fused-ring (bicyclic) bond motifs is 1. The summed E-state index contributed by atoms with van der Waals surface area (Å²) in [5, 5.41) is 3.25. The summed E-state index contributed by atoms with van der Waals surface area (Å²) in [7, 11) is 1.93. The summed E-state index contributed by atoms with van der Waals surface area (Å²) in [6, 6.07) is 3.87. The van der Waals surface area contributed by atoms with Crippen LogP contribution in [0.1, 0.15) is 23.6 Å². The minimum Gasteiger partial charge on any atom is -0.313 e. The first-order valence-corrected chi connectivity index (χ1v) is 6.90.